The Morgan fingerprint density at radius 1 is 1.28 bits per heavy atom. The maximum absolute atomic E-state index is 10.8. The molecule has 6 nitrogen and oxygen atoms in total. The largest absolute Gasteiger partial charge is 0.508 e. The van der Waals surface area contributed by atoms with Crippen molar-refractivity contribution >= 4 is 21.6 Å². The molecule has 0 atom stereocenters. The number of hydrogen-bond donors (Lipinski definition) is 1. The van der Waals surface area contributed by atoms with Gasteiger partial charge in [0.05, 0.1) is 9.40 Å². The fourth-order valence-corrected chi connectivity index (χ4v) is 1.68. The van der Waals surface area contributed by atoms with Gasteiger partial charge in [-0.1, -0.05) is 0 Å². The van der Waals surface area contributed by atoms with Crippen molar-refractivity contribution in [2.24, 2.45) is 0 Å². The van der Waals surface area contributed by atoms with E-state index in [1.165, 1.54) is 30.5 Å². The van der Waals surface area contributed by atoms with Gasteiger partial charge in [0.2, 0.25) is 5.75 Å². The Kier molecular flexibility index (Phi) is 3.42. The van der Waals surface area contributed by atoms with Crippen LogP contribution in [0.4, 0.5) is 5.69 Å². The number of phenols is 1. The van der Waals surface area contributed by atoms with Gasteiger partial charge >= 0.3 is 5.69 Å². The van der Waals surface area contributed by atoms with E-state index < -0.39 is 4.92 Å². The molecule has 1 N–H and O–H groups in total. The van der Waals surface area contributed by atoms with Gasteiger partial charge in [-0.2, -0.15) is 0 Å². The highest BCUT2D eigenvalue weighted by atomic mass is 79.9. The maximum atomic E-state index is 10.8. The molecule has 92 valence electrons. The van der Waals surface area contributed by atoms with E-state index in [1.807, 2.05) is 0 Å². The zero-order valence-electron chi connectivity index (χ0n) is 8.91. The molecule has 0 fully saturated rings. The number of hydrogen-bond acceptors (Lipinski definition) is 5. The smallest absolute Gasteiger partial charge is 0.330 e. The van der Waals surface area contributed by atoms with Crippen LogP contribution in [0.25, 0.3) is 0 Å². The quantitative estimate of drug-likeness (QED) is 0.694. The molecule has 2 rings (SSSR count). The fraction of sp³-hybridized carbons (Fsp3) is 0. The molecular formula is C11H7BrN2O4. The third kappa shape index (κ3) is 2.57. The van der Waals surface area contributed by atoms with Crippen LogP contribution in [0.5, 0.6) is 17.2 Å². The Balaban J connectivity index is 2.39. The summed E-state index contributed by atoms with van der Waals surface area (Å²) in [6, 6.07) is 5.87. The minimum absolute atomic E-state index is 0.0701. The Morgan fingerprint density at radius 2 is 1.94 bits per heavy atom. The highest BCUT2D eigenvalue weighted by molar-refractivity contribution is 9.10. The first-order valence-corrected chi connectivity index (χ1v) is 5.62. The number of ether oxygens (including phenoxy) is 1. The summed E-state index contributed by atoms with van der Waals surface area (Å²) in [4.78, 5) is 14.0. The summed E-state index contributed by atoms with van der Waals surface area (Å²) in [5.74, 6) is 0.536. The maximum Gasteiger partial charge on any atom is 0.330 e. The number of nitro groups is 1. The highest BCUT2D eigenvalue weighted by Crippen LogP contribution is 2.37. The highest BCUT2D eigenvalue weighted by Gasteiger charge is 2.19. The first-order valence-electron chi connectivity index (χ1n) is 4.82. The van der Waals surface area contributed by atoms with Gasteiger partial charge in [-0.3, -0.25) is 15.1 Å². The average Bonchev–Trinajstić information content (AvgIpc) is 2.34. The number of aromatic nitrogens is 1. The lowest BCUT2D eigenvalue weighted by Gasteiger charge is -2.07. The summed E-state index contributed by atoms with van der Waals surface area (Å²) in [5.41, 5.74) is -0.238. The van der Waals surface area contributed by atoms with E-state index in [2.05, 4.69) is 20.9 Å². The van der Waals surface area contributed by atoms with Crippen molar-refractivity contribution < 1.29 is 14.8 Å². The lowest BCUT2D eigenvalue weighted by atomic mass is 10.3. The van der Waals surface area contributed by atoms with Crippen molar-refractivity contribution in [1.82, 2.24) is 4.98 Å². The third-order valence-electron chi connectivity index (χ3n) is 2.09. The lowest BCUT2D eigenvalue weighted by Crippen LogP contribution is -1.95. The number of rotatable bonds is 3. The van der Waals surface area contributed by atoms with E-state index in [9.17, 15) is 10.1 Å². The first kappa shape index (κ1) is 12.3. The number of pyridine rings is 1. The van der Waals surface area contributed by atoms with E-state index in [4.69, 9.17) is 9.84 Å². The molecule has 1 aromatic heterocycles. The summed E-state index contributed by atoms with van der Waals surface area (Å²) in [6.45, 7) is 0. The van der Waals surface area contributed by atoms with Crippen molar-refractivity contribution in [1.29, 1.82) is 0 Å². The molecule has 0 bridgehead atoms. The molecule has 2 aromatic rings. The van der Waals surface area contributed by atoms with Gasteiger partial charge in [0.1, 0.15) is 17.7 Å². The Morgan fingerprint density at radius 3 is 2.56 bits per heavy atom. The number of phenolic OH excluding ortho intramolecular Hbond substituents is 1. The molecule has 0 amide bonds. The third-order valence-corrected chi connectivity index (χ3v) is 2.65. The Hall–Kier alpha value is -2.15. The standard InChI is InChI=1S/C11H7BrN2O4/c12-9-5-13-6-10(14(16)17)11(9)18-8-3-1-7(15)2-4-8/h1-6,15H. The second-order valence-corrected chi connectivity index (χ2v) is 4.18. The van der Waals surface area contributed by atoms with Crippen LogP contribution in [0.15, 0.2) is 41.1 Å². The second-order valence-electron chi connectivity index (χ2n) is 3.32. The molecule has 0 saturated carbocycles. The molecule has 0 unspecified atom stereocenters. The van der Waals surface area contributed by atoms with Crippen LogP contribution in [0, 0.1) is 10.1 Å². The number of benzene rings is 1. The summed E-state index contributed by atoms with van der Waals surface area (Å²) in [5, 5.41) is 20.0. The van der Waals surface area contributed by atoms with Gasteiger partial charge in [0.15, 0.2) is 0 Å². The van der Waals surface area contributed by atoms with Crippen molar-refractivity contribution in [2.75, 3.05) is 0 Å². The number of nitrogens with zero attached hydrogens (tertiary/aromatic N) is 2. The zero-order valence-corrected chi connectivity index (χ0v) is 10.5. The van der Waals surface area contributed by atoms with E-state index in [-0.39, 0.29) is 17.2 Å². The van der Waals surface area contributed by atoms with Crippen molar-refractivity contribution in [3.8, 4) is 17.2 Å². The van der Waals surface area contributed by atoms with Gasteiger partial charge < -0.3 is 9.84 Å². The fourth-order valence-electron chi connectivity index (χ4n) is 1.28. The molecule has 0 aliphatic rings. The van der Waals surface area contributed by atoms with Crippen LogP contribution in [-0.2, 0) is 0 Å². The average molecular weight is 311 g/mol. The van der Waals surface area contributed by atoms with Crippen molar-refractivity contribution in [2.45, 2.75) is 0 Å². The van der Waals surface area contributed by atoms with E-state index in [0.29, 0.717) is 10.2 Å². The normalized spacial score (nSPS) is 10.1. The van der Waals surface area contributed by atoms with Crippen LogP contribution in [-0.4, -0.2) is 15.0 Å². The molecule has 0 aliphatic carbocycles. The molecular weight excluding hydrogens is 304 g/mol. The molecule has 1 heterocycles. The van der Waals surface area contributed by atoms with Gasteiger partial charge in [-0.25, -0.2) is 0 Å². The molecule has 0 spiro atoms. The Labute approximate surface area is 110 Å². The van der Waals surface area contributed by atoms with Gasteiger partial charge in [0.25, 0.3) is 0 Å². The summed E-state index contributed by atoms with van der Waals surface area (Å²) in [6.07, 6.45) is 2.52. The van der Waals surface area contributed by atoms with Gasteiger partial charge in [-0.05, 0) is 40.2 Å². The van der Waals surface area contributed by atoms with E-state index >= 15 is 0 Å². The summed E-state index contributed by atoms with van der Waals surface area (Å²) >= 11 is 3.15. The van der Waals surface area contributed by atoms with Crippen LogP contribution in [0.1, 0.15) is 0 Å². The lowest BCUT2D eigenvalue weighted by molar-refractivity contribution is -0.386. The topological polar surface area (TPSA) is 85.5 Å². The predicted molar refractivity (Wildman–Crippen MR) is 66.8 cm³/mol. The van der Waals surface area contributed by atoms with E-state index in [0.717, 1.165) is 6.20 Å². The van der Waals surface area contributed by atoms with Crippen molar-refractivity contribution in [3.63, 3.8) is 0 Å². The monoisotopic (exact) mass is 310 g/mol. The van der Waals surface area contributed by atoms with Crippen LogP contribution in [0.3, 0.4) is 0 Å². The number of aromatic hydroxyl groups is 1. The molecule has 0 radical (unpaired) electrons. The SMILES string of the molecule is O=[N+]([O-])c1cncc(Br)c1Oc1ccc(O)cc1. The zero-order chi connectivity index (χ0) is 13.1. The molecule has 0 aliphatic heterocycles. The minimum Gasteiger partial charge on any atom is -0.508 e. The molecule has 7 heteroatoms. The number of halogens is 1. The second kappa shape index (κ2) is 5.01. The summed E-state index contributed by atoms with van der Waals surface area (Å²) < 4.78 is 5.80. The predicted octanol–water partition coefficient (Wildman–Crippen LogP) is 3.25. The van der Waals surface area contributed by atoms with Crippen LogP contribution in [0.2, 0.25) is 0 Å². The summed E-state index contributed by atoms with van der Waals surface area (Å²) in [7, 11) is 0. The van der Waals surface area contributed by atoms with Crippen molar-refractivity contribution in [3.05, 3.63) is 51.2 Å². The van der Waals surface area contributed by atoms with Crippen LogP contribution < -0.4 is 4.74 Å². The van der Waals surface area contributed by atoms with Gasteiger partial charge in [-0.15, -0.1) is 0 Å². The molecule has 1 aromatic carbocycles. The minimum atomic E-state index is -0.576. The van der Waals surface area contributed by atoms with E-state index in [1.54, 1.807) is 0 Å². The molecule has 0 saturated heterocycles. The first-order chi connectivity index (χ1) is 8.58. The van der Waals surface area contributed by atoms with Gasteiger partial charge in [0, 0.05) is 6.20 Å². The van der Waals surface area contributed by atoms with Crippen LogP contribution >= 0.6 is 15.9 Å². The molecule has 18 heavy (non-hydrogen) atoms. The Bertz CT molecular complexity index is 586.